The summed E-state index contributed by atoms with van der Waals surface area (Å²) in [6.07, 6.45) is 0. The number of nitrogens with one attached hydrogen (secondary N) is 1. The SMILES string of the molecule is CCNc1nc(Oc2ccccc2OC)c(Cl)cc1Cl. The summed E-state index contributed by atoms with van der Waals surface area (Å²) in [4.78, 5) is 4.28. The van der Waals surface area contributed by atoms with Crippen LogP contribution in [0.2, 0.25) is 10.0 Å². The van der Waals surface area contributed by atoms with Gasteiger partial charge in [0.25, 0.3) is 0 Å². The van der Waals surface area contributed by atoms with Gasteiger partial charge in [-0.05, 0) is 25.1 Å². The number of para-hydroxylation sites is 2. The molecule has 0 spiro atoms. The quantitative estimate of drug-likeness (QED) is 0.874. The monoisotopic (exact) mass is 312 g/mol. The Labute approximate surface area is 127 Å². The predicted octanol–water partition coefficient (Wildman–Crippen LogP) is 4.62. The lowest BCUT2D eigenvalue weighted by molar-refractivity contribution is 0.374. The lowest BCUT2D eigenvalue weighted by Gasteiger charge is -2.12. The van der Waals surface area contributed by atoms with Gasteiger partial charge in [-0.2, -0.15) is 4.98 Å². The van der Waals surface area contributed by atoms with Gasteiger partial charge in [-0.15, -0.1) is 0 Å². The molecule has 0 unspecified atom stereocenters. The summed E-state index contributed by atoms with van der Waals surface area (Å²) in [5.74, 6) is 1.94. The molecule has 0 saturated carbocycles. The van der Waals surface area contributed by atoms with E-state index < -0.39 is 0 Å². The van der Waals surface area contributed by atoms with Crippen molar-refractivity contribution < 1.29 is 9.47 Å². The molecule has 0 radical (unpaired) electrons. The van der Waals surface area contributed by atoms with Gasteiger partial charge >= 0.3 is 0 Å². The molecular formula is C14H14Cl2N2O2. The smallest absolute Gasteiger partial charge is 0.240 e. The zero-order valence-corrected chi connectivity index (χ0v) is 12.6. The number of hydrogen-bond acceptors (Lipinski definition) is 4. The molecule has 1 N–H and O–H groups in total. The van der Waals surface area contributed by atoms with Crippen molar-refractivity contribution in [2.24, 2.45) is 0 Å². The fraction of sp³-hybridized carbons (Fsp3) is 0.214. The van der Waals surface area contributed by atoms with Crippen LogP contribution in [0.4, 0.5) is 5.82 Å². The molecule has 1 aromatic carbocycles. The number of ether oxygens (including phenoxy) is 2. The lowest BCUT2D eigenvalue weighted by atomic mass is 10.3. The Balaban J connectivity index is 2.35. The third-order valence-corrected chi connectivity index (χ3v) is 3.08. The second kappa shape index (κ2) is 6.68. The van der Waals surface area contributed by atoms with Crippen LogP contribution in [0.1, 0.15) is 6.92 Å². The molecule has 4 nitrogen and oxygen atoms in total. The highest BCUT2D eigenvalue weighted by Crippen LogP contribution is 2.36. The Morgan fingerprint density at radius 1 is 1.15 bits per heavy atom. The first-order chi connectivity index (χ1) is 9.65. The standard InChI is InChI=1S/C14H14Cl2N2O2/c1-3-17-13-9(15)8-10(16)14(18-13)20-12-7-5-4-6-11(12)19-2/h4-8H,3H2,1-2H3,(H,17,18). The van der Waals surface area contributed by atoms with Gasteiger partial charge in [-0.1, -0.05) is 35.3 Å². The molecule has 0 aliphatic carbocycles. The van der Waals surface area contributed by atoms with E-state index in [1.54, 1.807) is 25.3 Å². The van der Waals surface area contributed by atoms with Crippen LogP contribution < -0.4 is 14.8 Å². The Bertz CT molecular complexity index is 606. The average Bonchev–Trinajstić information content (AvgIpc) is 2.45. The van der Waals surface area contributed by atoms with Crippen LogP contribution in [0.25, 0.3) is 0 Å². The van der Waals surface area contributed by atoms with Crippen LogP contribution in [-0.2, 0) is 0 Å². The summed E-state index contributed by atoms with van der Waals surface area (Å²) in [5, 5.41) is 3.83. The fourth-order valence-corrected chi connectivity index (χ4v) is 2.08. The Hall–Kier alpha value is -1.65. The minimum atomic E-state index is 0.275. The van der Waals surface area contributed by atoms with Gasteiger partial charge in [-0.25, -0.2) is 0 Å². The van der Waals surface area contributed by atoms with Crippen LogP contribution in [0, 0.1) is 0 Å². The molecule has 0 aliphatic heterocycles. The van der Waals surface area contributed by atoms with E-state index in [-0.39, 0.29) is 5.88 Å². The molecule has 0 atom stereocenters. The van der Waals surface area contributed by atoms with Crippen LogP contribution in [0.15, 0.2) is 30.3 Å². The van der Waals surface area contributed by atoms with Crippen molar-refractivity contribution in [2.75, 3.05) is 19.0 Å². The first-order valence-corrected chi connectivity index (χ1v) is 6.82. The Morgan fingerprint density at radius 3 is 2.50 bits per heavy atom. The van der Waals surface area contributed by atoms with Gasteiger partial charge in [0.15, 0.2) is 11.5 Å². The predicted molar refractivity (Wildman–Crippen MR) is 81.5 cm³/mol. The maximum Gasteiger partial charge on any atom is 0.240 e. The fourth-order valence-electron chi connectivity index (χ4n) is 1.62. The third-order valence-electron chi connectivity index (χ3n) is 2.52. The molecule has 0 saturated heterocycles. The van der Waals surface area contributed by atoms with Crippen LogP contribution in [0.5, 0.6) is 17.4 Å². The van der Waals surface area contributed by atoms with Crippen molar-refractivity contribution >= 4 is 29.0 Å². The number of methoxy groups -OCH3 is 1. The second-order valence-electron chi connectivity index (χ2n) is 3.89. The summed E-state index contributed by atoms with van der Waals surface area (Å²) >= 11 is 12.2. The number of aromatic nitrogens is 1. The summed E-state index contributed by atoms with van der Waals surface area (Å²) in [5.41, 5.74) is 0. The molecule has 2 rings (SSSR count). The van der Waals surface area contributed by atoms with Crippen LogP contribution in [0.3, 0.4) is 0 Å². The summed E-state index contributed by atoms with van der Waals surface area (Å²) in [7, 11) is 1.57. The number of halogens is 2. The molecule has 0 fully saturated rings. The van der Waals surface area contributed by atoms with Crippen molar-refractivity contribution in [3.05, 3.63) is 40.4 Å². The van der Waals surface area contributed by atoms with Crippen LogP contribution in [-0.4, -0.2) is 18.6 Å². The van der Waals surface area contributed by atoms with E-state index in [0.717, 1.165) is 0 Å². The number of benzene rings is 1. The highest BCUT2D eigenvalue weighted by Gasteiger charge is 2.13. The maximum atomic E-state index is 6.11. The van der Waals surface area contributed by atoms with Gasteiger partial charge in [0.1, 0.15) is 10.8 Å². The highest BCUT2D eigenvalue weighted by atomic mass is 35.5. The van der Waals surface area contributed by atoms with E-state index >= 15 is 0 Å². The second-order valence-corrected chi connectivity index (χ2v) is 4.70. The zero-order valence-electron chi connectivity index (χ0n) is 11.1. The molecule has 6 heteroatoms. The van der Waals surface area contributed by atoms with Crippen LogP contribution >= 0.6 is 23.2 Å². The van der Waals surface area contributed by atoms with E-state index in [0.29, 0.717) is 33.9 Å². The molecule has 106 valence electrons. The normalized spacial score (nSPS) is 10.2. The van der Waals surface area contributed by atoms with E-state index in [9.17, 15) is 0 Å². The van der Waals surface area contributed by atoms with Crippen molar-refractivity contribution in [3.8, 4) is 17.4 Å². The van der Waals surface area contributed by atoms with E-state index in [1.165, 1.54) is 0 Å². The molecule has 1 heterocycles. The van der Waals surface area contributed by atoms with E-state index in [1.807, 2.05) is 19.1 Å². The van der Waals surface area contributed by atoms with Gasteiger partial charge in [0.2, 0.25) is 5.88 Å². The van der Waals surface area contributed by atoms with Gasteiger partial charge < -0.3 is 14.8 Å². The zero-order chi connectivity index (χ0) is 14.5. The molecule has 0 amide bonds. The minimum absolute atomic E-state index is 0.275. The molecule has 0 bridgehead atoms. The van der Waals surface area contributed by atoms with Crippen molar-refractivity contribution in [1.29, 1.82) is 0 Å². The number of nitrogens with zero attached hydrogens (tertiary/aromatic N) is 1. The number of rotatable bonds is 5. The largest absolute Gasteiger partial charge is 0.493 e. The first kappa shape index (κ1) is 14.8. The topological polar surface area (TPSA) is 43.4 Å². The van der Waals surface area contributed by atoms with Gasteiger partial charge in [0, 0.05) is 6.54 Å². The number of anilines is 1. The van der Waals surface area contributed by atoms with Gasteiger partial charge in [0.05, 0.1) is 12.1 Å². The highest BCUT2D eigenvalue weighted by molar-refractivity contribution is 6.36. The molecule has 0 aliphatic rings. The maximum absolute atomic E-state index is 6.11. The minimum Gasteiger partial charge on any atom is -0.493 e. The summed E-state index contributed by atoms with van der Waals surface area (Å²) in [6.45, 7) is 2.65. The molecule has 2 aromatic rings. The van der Waals surface area contributed by atoms with E-state index in [2.05, 4.69) is 10.3 Å². The molecule has 1 aromatic heterocycles. The first-order valence-electron chi connectivity index (χ1n) is 6.06. The number of pyridine rings is 1. The molecular weight excluding hydrogens is 299 g/mol. The van der Waals surface area contributed by atoms with Crippen molar-refractivity contribution in [2.45, 2.75) is 6.92 Å². The molecule has 20 heavy (non-hydrogen) atoms. The third kappa shape index (κ3) is 3.26. The Morgan fingerprint density at radius 2 is 1.85 bits per heavy atom. The number of hydrogen-bond donors (Lipinski definition) is 1. The summed E-state index contributed by atoms with van der Waals surface area (Å²) in [6, 6.07) is 8.86. The van der Waals surface area contributed by atoms with Crippen molar-refractivity contribution in [1.82, 2.24) is 4.98 Å². The summed E-state index contributed by atoms with van der Waals surface area (Å²) < 4.78 is 10.9. The lowest BCUT2D eigenvalue weighted by Crippen LogP contribution is -2.01. The van der Waals surface area contributed by atoms with Gasteiger partial charge in [-0.3, -0.25) is 0 Å². The van der Waals surface area contributed by atoms with E-state index in [4.69, 9.17) is 32.7 Å². The van der Waals surface area contributed by atoms with Crippen molar-refractivity contribution in [3.63, 3.8) is 0 Å². The average molecular weight is 313 g/mol. The Kier molecular flexibility index (Phi) is 4.93.